The van der Waals surface area contributed by atoms with Crippen LogP contribution >= 0.6 is 12.4 Å². The average Bonchev–Trinajstić information content (AvgIpc) is 2.36. The number of nitrogens with two attached hydrogens (primary N) is 1. The van der Waals surface area contributed by atoms with Gasteiger partial charge in [0.25, 0.3) is 5.91 Å². The standard InChI is InChI=1S/C15H22N2O.ClH/c1-10-4-3-5-14(11(10)2)17-15(18)12-6-8-13(16)9-7-12;/h6-11,14H,3-5,16H2,1-2H3,(H,17,18);1H. The quantitative estimate of drug-likeness (QED) is 0.818. The van der Waals surface area contributed by atoms with Gasteiger partial charge in [-0.3, -0.25) is 4.79 Å². The summed E-state index contributed by atoms with van der Waals surface area (Å²) in [7, 11) is 0. The number of carbonyl (C=O) groups excluding carboxylic acids is 1. The Hall–Kier alpha value is -1.22. The van der Waals surface area contributed by atoms with Gasteiger partial charge in [0.05, 0.1) is 0 Å². The zero-order chi connectivity index (χ0) is 13.1. The molecule has 1 fully saturated rings. The van der Waals surface area contributed by atoms with Crippen LogP contribution in [0.5, 0.6) is 0 Å². The first kappa shape index (κ1) is 15.8. The van der Waals surface area contributed by atoms with Crippen molar-refractivity contribution in [1.29, 1.82) is 0 Å². The van der Waals surface area contributed by atoms with Gasteiger partial charge < -0.3 is 11.1 Å². The van der Waals surface area contributed by atoms with E-state index in [1.165, 1.54) is 12.8 Å². The van der Waals surface area contributed by atoms with Crippen molar-refractivity contribution in [3.8, 4) is 0 Å². The SMILES string of the molecule is CC1CCCC(NC(=O)c2ccc(N)cc2)C1C.Cl. The van der Waals surface area contributed by atoms with Gasteiger partial charge in [0.2, 0.25) is 0 Å². The van der Waals surface area contributed by atoms with Crippen molar-refractivity contribution in [3.05, 3.63) is 29.8 Å². The Kier molecular flexibility index (Phi) is 5.67. The molecule has 3 nitrogen and oxygen atoms in total. The molecule has 1 aliphatic carbocycles. The number of rotatable bonds is 2. The van der Waals surface area contributed by atoms with Crippen LogP contribution < -0.4 is 11.1 Å². The first-order valence-electron chi connectivity index (χ1n) is 6.74. The molecule has 0 aliphatic heterocycles. The van der Waals surface area contributed by atoms with Crippen molar-refractivity contribution in [3.63, 3.8) is 0 Å². The lowest BCUT2D eigenvalue weighted by Crippen LogP contribution is -2.43. The van der Waals surface area contributed by atoms with Gasteiger partial charge in [-0.05, 0) is 42.5 Å². The van der Waals surface area contributed by atoms with Crippen LogP contribution in [-0.4, -0.2) is 11.9 Å². The van der Waals surface area contributed by atoms with E-state index >= 15 is 0 Å². The molecule has 1 aromatic rings. The molecule has 0 bridgehead atoms. The highest BCUT2D eigenvalue weighted by atomic mass is 35.5. The lowest BCUT2D eigenvalue weighted by molar-refractivity contribution is 0.0891. The molecule has 0 saturated heterocycles. The molecule has 1 aliphatic rings. The fraction of sp³-hybridized carbons (Fsp3) is 0.533. The maximum atomic E-state index is 12.1. The van der Waals surface area contributed by atoms with Crippen molar-refractivity contribution >= 4 is 24.0 Å². The third kappa shape index (κ3) is 3.87. The van der Waals surface area contributed by atoms with Gasteiger partial charge in [-0.25, -0.2) is 0 Å². The highest BCUT2D eigenvalue weighted by Gasteiger charge is 2.28. The van der Waals surface area contributed by atoms with Gasteiger partial charge in [0.1, 0.15) is 0 Å². The molecule has 106 valence electrons. The van der Waals surface area contributed by atoms with Crippen LogP contribution in [0.3, 0.4) is 0 Å². The molecule has 2 rings (SSSR count). The summed E-state index contributed by atoms with van der Waals surface area (Å²) in [5.74, 6) is 1.26. The van der Waals surface area contributed by atoms with Crippen molar-refractivity contribution in [2.75, 3.05) is 5.73 Å². The highest BCUT2D eigenvalue weighted by molar-refractivity contribution is 5.94. The zero-order valence-electron chi connectivity index (χ0n) is 11.6. The van der Waals surface area contributed by atoms with Gasteiger partial charge in [-0.1, -0.05) is 26.7 Å². The Bertz CT molecular complexity index is 419. The molecule has 0 aromatic heterocycles. The van der Waals surface area contributed by atoms with E-state index in [9.17, 15) is 4.79 Å². The highest BCUT2D eigenvalue weighted by Crippen LogP contribution is 2.29. The molecule has 0 spiro atoms. The van der Waals surface area contributed by atoms with Crippen molar-refractivity contribution in [1.82, 2.24) is 5.32 Å². The molecule has 1 aromatic carbocycles. The van der Waals surface area contributed by atoms with Crippen LogP contribution in [0.4, 0.5) is 5.69 Å². The third-order valence-corrected chi connectivity index (χ3v) is 4.20. The summed E-state index contributed by atoms with van der Waals surface area (Å²) in [5, 5.41) is 3.16. The minimum atomic E-state index is 0. The number of hydrogen-bond donors (Lipinski definition) is 2. The zero-order valence-corrected chi connectivity index (χ0v) is 12.4. The van der Waals surface area contributed by atoms with Crippen LogP contribution in [-0.2, 0) is 0 Å². The number of benzene rings is 1. The maximum absolute atomic E-state index is 12.1. The predicted molar refractivity (Wildman–Crippen MR) is 81.5 cm³/mol. The topological polar surface area (TPSA) is 55.1 Å². The van der Waals surface area contributed by atoms with Crippen LogP contribution in [0.1, 0.15) is 43.5 Å². The summed E-state index contributed by atoms with van der Waals surface area (Å²) in [6.07, 6.45) is 3.57. The molecule has 3 N–H and O–H groups in total. The Morgan fingerprint density at radius 2 is 1.84 bits per heavy atom. The predicted octanol–water partition coefficient (Wildman–Crippen LogP) is 3.25. The van der Waals surface area contributed by atoms with E-state index in [0.29, 0.717) is 29.1 Å². The second-order valence-electron chi connectivity index (χ2n) is 5.47. The Labute approximate surface area is 121 Å². The van der Waals surface area contributed by atoms with Crippen LogP contribution in [0, 0.1) is 11.8 Å². The summed E-state index contributed by atoms with van der Waals surface area (Å²) in [6, 6.07) is 7.39. The summed E-state index contributed by atoms with van der Waals surface area (Å²) in [5.41, 5.74) is 7.00. The molecule has 3 unspecified atom stereocenters. The molecule has 0 radical (unpaired) electrons. The fourth-order valence-corrected chi connectivity index (χ4v) is 2.67. The first-order chi connectivity index (χ1) is 8.58. The number of amides is 1. The number of hydrogen-bond acceptors (Lipinski definition) is 2. The lowest BCUT2D eigenvalue weighted by Gasteiger charge is -2.34. The smallest absolute Gasteiger partial charge is 0.251 e. The summed E-state index contributed by atoms with van der Waals surface area (Å²) in [6.45, 7) is 4.50. The van der Waals surface area contributed by atoms with Gasteiger partial charge in [0.15, 0.2) is 0 Å². The van der Waals surface area contributed by atoms with E-state index in [1.807, 2.05) is 0 Å². The third-order valence-electron chi connectivity index (χ3n) is 4.20. The summed E-state index contributed by atoms with van der Waals surface area (Å²) < 4.78 is 0. The maximum Gasteiger partial charge on any atom is 0.251 e. The van der Waals surface area contributed by atoms with E-state index in [-0.39, 0.29) is 18.3 Å². The molecule has 1 saturated carbocycles. The lowest BCUT2D eigenvalue weighted by atomic mass is 9.78. The van der Waals surface area contributed by atoms with Crippen molar-refractivity contribution < 1.29 is 4.79 Å². The first-order valence-corrected chi connectivity index (χ1v) is 6.74. The number of halogens is 1. The van der Waals surface area contributed by atoms with Crippen LogP contribution in [0.15, 0.2) is 24.3 Å². The number of carbonyl (C=O) groups is 1. The molecular weight excluding hydrogens is 260 g/mol. The van der Waals surface area contributed by atoms with E-state index in [2.05, 4.69) is 19.2 Å². The van der Waals surface area contributed by atoms with E-state index < -0.39 is 0 Å². The molecule has 3 atom stereocenters. The number of anilines is 1. The van der Waals surface area contributed by atoms with Gasteiger partial charge in [-0.2, -0.15) is 0 Å². The average molecular weight is 283 g/mol. The van der Waals surface area contributed by atoms with E-state index in [1.54, 1.807) is 24.3 Å². The second-order valence-corrected chi connectivity index (χ2v) is 5.47. The molecular formula is C15H23ClN2O. The van der Waals surface area contributed by atoms with Crippen LogP contribution in [0.25, 0.3) is 0 Å². The second kappa shape index (κ2) is 6.80. The minimum Gasteiger partial charge on any atom is -0.399 e. The molecule has 0 heterocycles. The summed E-state index contributed by atoms with van der Waals surface area (Å²) >= 11 is 0. The van der Waals surface area contributed by atoms with Gasteiger partial charge in [-0.15, -0.1) is 12.4 Å². The number of nitrogen functional groups attached to an aromatic ring is 1. The van der Waals surface area contributed by atoms with E-state index in [0.717, 1.165) is 6.42 Å². The van der Waals surface area contributed by atoms with Gasteiger partial charge in [0, 0.05) is 17.3 Å². The molecule has 4 heteroatoms. The van der Waals surface area contributed by atoms with Crippen LogP contribution in [0.2, 0.25) is 0 Å². The fourth-order valence-electron chi connectivity index (χ4n) is 2.67. The van der Waals surface area contributed by atoms with Gasteiger partial charge >= 0.3 is 0 Å². The minimum absolute atomic E-state index is 0. The summed E-state index contributed by atoms with van der Waals surface area (Å²) in [4.78, 5) is 12.1. The Balaban J connectivity index is 0.00000180. The van der Waals surface area contributed by atoms with Crippen molar-refractivity contribution in [2.24, 2.45) is 11.8 Å². The Morgan fingerprint density at radius 1 is 1.21 bits per heavy atom. The van der Waals surface area contributed by atoms with Crippen molar-refractivity contribution in [2.45, 2.75) is 39.2 Å². The monoisotopic (exact) mass is 282 g/mol. The van der Waals surface area contributed by atoms with E-state index in [4.69, 9.17) is 5.73 Å². The Morgan fingerprint density at radius 3 is 2.47 bits per heavy atom. The largest absolute Gasteiger partial charge is 0.399 e. The normalized spacial score (nSPS) is 26.3. The molecule has 19 heavy (non-hydrogen) atoms. The number of nitrogens with one attached hydrogen (secondary N) is 1. The molecule has 1 amide bonds.